The molecule has 2 atom stereocenters. The Morgan fingerprint density at radius 1 is 1.33 bits per heavy atom. The smallest absolute Gasteiger partial charge is 0.136 e. The zero-order valence-corrected chi connectivity index (χ0v) is 6.56. The first kappa shape index (κ1) is 6.79. The summed E-state index contributed by atoms with van der Waals surface area (Å²) in [7, 11) is 0. The summed E-state index contributed by atoms with van der Waals surface area (Å²) in [6.45, 7) is 8.04. The second-order valence-electron chi connectivity index (χ2n) is 3.42. The number of carbonyl (C=O) groups is 1. The van der Waals surface area contributed by atoms with Crippen LogP contribution in [-0.4, -0.2) is 5.78 Å². The van der Waals surface area contributed by atoms with E-state index in [9.17, 15) is 4.79 Å². The number of rotatable bonds is 1. The van der Waals surface area contributed by atoms with Crippen LogP contribution in [0.5, 0.6) is 0 Å². The third-order valence-corrected chi connectivity index (χ3v) is 3.29. The molecule has 0 radical (unpaired) electrons. The maximum absolute atomic E-state index is 10.9. The Bertz CT molecular complexity index is 141. The molecule has 1 aliphatic carbocycles. The standard InChI is InChI=1S/C8H14O/c1-5-6(2)8(5,4)7(3)9/h5-6H,1-4H3. The summed E-state index contributed by atoms with van der Waals surface area (Å²) in [5.41, 5.74) is 0.0278. The zero-order valence-electron chi connectivity index (χ0n) is 6.56. The highest BCUT2D eigenvalue weighted by molar-refractivity contribution is 5.85. The monoisotopic (exact) mass is 126 g/mol. The number of carbonyl (C=O) groups excluding carboxylic acids is 1. The fourth-order valence-corrected chi connectivity index (χ4v) is 1.63. The fourth-order valence-electron chi connectivity index (χ4n) is 1.63. The topological polar surface area (TPSA) is 17.1 Å². The third kappa shape index (κ3) is 0.637. The van der Waals surface area contributed by atoms with Crippen molar-refractivity contribution in [2.75, 3.05) is 0 Å². The average Bonchev–Trinajstić information content (AvgIpc) is 2.22. The van der Waals surface area contributed by atoms with E-state index in [2.05, 4.69) is 20.8 Å². The molecule has 9 heavy (non-hydrogen) atoms. The highest BCUT2D eigenvalue weighted by atomic mass is 16.1. The molecule has 1 nitrogen and oxygen atoms in total. The molecule has 0 bridgehead atoms. The first-order chi connectivity index (χ1) is 4.01. The molecule has 0 heterocycles. The minimum atomic E-state index is 0.0278. The lowest BCUT2D eigenvalue weighted by Gasteiger charge is -2.02. The molecule has 1 fully saturated rings. The van der Waals surface area contributed by atoms with Crippen LogP contribution in [0, 0.1) is 17.3 Å². The number of Topliss-reactive ketones (excluding diaryl/α,β-unsaturated/α-hetero) is 1. The summed E-state index contributed by atoms with van der Waals surface area (Å²) >= 11 is 0. The van der Waals surface area contributed by atoms with E-state index >= 15 is 0 Å². The Kier molecular flexibility index (Phi) is 1.20. The largest absolute Gasteiger partial charge is 0.299 e. The molecule has 0 aliphatic heterocycles. The van der Waals surface area contributed by atoms with E-state index < -0.39 is 0 Å². The van der Waals surface area contributed by atoms with Crippen LogP contribution in [0.15, 0.2) is 0 Å². The van der Waals surface area contributed by atoms with Gasteiger partial charge in [0.1, 0.15) is 5.78 Å². The normalized spacial score (nSPS) is 48.9. The lowest BCUT2D eigenvalue weighted by molar-refractivity contribution is -0.122. The Balaban J connectivity index is 2.71. The van der Waals surface area contributed by atoms with Crippen molar-refractivity contribution in [3.8, 4) is 0 Å². The van der Waals surface area contributed by atoms with Crippen molar-refractivity contribution in [1.29, 1.82) is 0 Å². The van der Waals surface area contributed by atoms with Crippen LogP contribution >= 0.6 is 0 Å². The predicted octanol–water partition coefficient (Wildman–Crippen LogP) is 1.87. The first-order valence-electron chi connectivity index (χ1n) is 3.52. The van der Waals surface area contributed by atoms with Crippen LogP contribution in [0.1, 0.15) is 27.7 Å². The molecule has 2 unspecified atom stereocenters. The van der Waals surface area contributed by atoms with Crippen LogP contribution in [0.4, 0.5) is 0 Å². The minimum absolute atomic E-state index is 0.0278. The van der Waals surface area contributed by atoms with Crippen molar-refractivity contribution in [3.63, 3.8) is 0 Å². The Labute approximate surface area is 56.4 Å². The van der Waals surface area contributed by atoms with E-state index in [-0.39, 0.29) is 5.41 Å². The lowest BCUT2D eigenvalue weighted by Crippen LogP contribution is -2.10. The van der Waals surface area contributed by atoms with Crippen molar-refractivity contribution in [2.45, 2.75) is 27.7 Å². The molecule has 1 aliphatic rings. The molecule has 0 aromatic carbocycles. The molecular weight excluding hydrogens is 112 g/mol. The maximum Gasteiger partial charge on any atom is 0.136 e. The molecule has 1 saturated carbocycles. The van der Waals surface area contributed by atoms with Gasteiger partial charge < -0.3 is 0 Å². The van der Waals surface area contributed by atoms with Gasteiger partial charge in [0.15, 0.2) is 0 Å². The second-order valence-corrected chi connectivity index (χ2v) is 3.42. The molecule has 1 rings (SSSR count). The average molecular weight is 126 g/mol. The highest BCUT2D eigenvalue weighted by Crippen LogP contribution is 2.58. The van der Waals surface area contributed by atoms with E-state index in [1.807, 2.05) is 0 Å². The van der Waals surface area contributed by atoms with Gasteiger partial charge in [-0.2, -0.15) is 0 Å². The predicted molar refractivity (Wildman–Crippen MR) is 37.1 cm³/mol. The van der Waals surface area contributed by atoms with Crippen LogP contribution in [0.2, 0.25) is 0 Å². The SMILES string of the molecule is CC(=O)C1(C)C(C)C1C. The van der Waals surface area contributed by atoms with Crippen LogP contribution < -0.4 is 0 Å². The van der Waals surface area contributed by atoms with E-state index in [4.69, 9.17) is 0 Å². The van der Waals surface area contributed by atoms with Crippen molar-refractivity contribution in [2.24, 2.45) is 17.3 Å². The van der Waals surface area contributed by atoms with Crippen molar-refractivity contribution >= 4 is 5.78 Å². The molecule has 52 valence electrons. The van der Waals surface area contributed by atoms with Gasteiger partial charge in [-0.25, -0.2) is 0 Å². The number of hydrogen-bond donors (Lipinski definition) is 0. The van der Waals surface area contributed by atoms with Gasteiger partial charge in [-0.05, 0) is 18.8 Å². The van der Waals surface area contributed by atoms with Crippen molar-refractivity contribution in [1.82, 2.24) is 0 Å². The van der Waals surface area contributed by atoms with Gasteiger partial charge in [-0.15, -0.1) is 0 Å². The molecule has 1 heteroatoms. The van der Waals surface area contributed by atoms with Gasteiger partial charge in [0.2, 0.25) is 0 Å². The quantitative estimate of drug-likeness (QED) is 0.524. The molecule has 0 N–H and O–H groups in total. The van der Waals surface area contributed by atoms with Crippen molar-refractivity contribution < 1.29 is 4.79 Å². The Morgan fingerprint density at radius 2 is 1.67 bits per heavy atom. The zero-order chi connectivity index (χ0) is 7.23. The van der Waals surface area contributed by atoms with Crippen LogP contribution in [0.25, 0.3) is 0 Å². The van der Waals surface area contributed by atoms with Gasteiger partial charge in [0.25, 0.3) is 0 Å². The summed E-state index contributed by atoms with van der Waals surface area (Å²) < 4.78 is 0. The lowest BCUT2D eigenvalue weighted by atomic mass is 10.0. The second kappa shape index (κ2) is 1.59. The molecule has 0 aromatic rings. The third-order valence-electron chi connectivity index (χ3n) is 3.29. The van der Waals surface area contributed by atoms with E-state index in [0.717, 1.165) is 0 Å². The molecule has 0 spiro atoms. The van der Waals surface area contributed by atoms with E-state index in [1.165, 1.54) is 0 Å². The van der Waals surface area contributed by atoms with E-state index in [1.54, 1.807) is 6.92 Å². The maximum atomic E-state index is 10.9. The minimum Gasteiger partial charge on any atom is -0.299 e. The Hall–Kier alpha value is -0.330. The van der Waals surface area contributed by atoms with Gasteiger partial charge in [0.05, 0.1) is 0 Å². The summed E-state index contributed by atoms with van der Waals surface area (Å²) in [4.78, 5) is 10.9. The van der Waals surface area contributed by atoms with E-state index in [0.29, 0.717) is 17.6 Å². The van der Waals surface area contributed by atoms with Gasteiger partial charge in [-0.3, -0.25) is 4.79 Å². The highest BCUT2D eigenvalue weighted by Gasteiger charge is 2.58. The molecule has 0 aromatic heterocycles. The molecule has 0 amide bonds. The number of hydrogen-bond acceptors (Lipinski definition) is 1. The summed E-state index contributed by atoms with van der Waals surface area (Å²) in [5, 5.41) is 0. The van der Waals surface area contributed by atoms with Crippen LogP contribution in [-0.2, 0) is 4.79 Å². The molecular formula is C8H14O. The first-order valence-corrected chi connectivity index (χ1v) is 3.52. The summed E-state index contributed by atoms with van der Waals surface area (Å²) in [6.07, 6.45) is 0. The Morgan fingerprint density at radius 3 is 1.67 bits per heavy atom. The van der Waals surface area contributed by atoms with Crippen molar-refractivity contribution in [3.05, 3.63) is 0 Å². The van der Waals surface area contributed by atoms with Gasteiger partial charge in [-0.1, -0.05) is 20.8 Å². The number of ketones is 1. The summed E-state index contributed by atoms with van der Waals surface area (Å²) in [6, 6.07) is 0. The molecule has 0 saturated heterocycles. The van der Waals surface area contributed by atoms with Gasteiger partial charge in [0, 0.05) is 5.41 Å². The summed E-state index contributed by atoms with van der Waals surface area (Å²) in [5.74, 6) is 1.56. The fraction of sp³-hybridized carbons (Fsp3) is 0.875. The van der Waals surface area contributed by atoms with Gasteiger partial charge >= 0.3 is 0 Å². The van der Waals surface area contributed by atoms with Crippen LogP contribution in [0.3, 0.4) is 0 Å².